The number of hydrogen-bond donors (Lipinski definition) is 0. The Balaban J connectivity index is 2.28. The van der Waals surface area contributed by atoms with E-state index >= 15 is 0 Å². The predicted molar refractivity (Wildman–Crippen MR) is 107 cm³/mol. The van der Waals surface area contributed by atoms with Crippen molar-refractivity contribution in [3.05, 3.63) is 59.7 Å². The number of Topliss-reactive ketones (excluding diaryl/α,β-unsaturated/α-hetero) is 1. The maximum absolute atomic E-state index is 12.9. The van der Waals surface area contributed by atoms with Gasteiger partial charge in [0.15, 0.2) is 0 Å². The highest BCUT2D eigenvalue weighted by Gasteiger charge is 2.49. The molecule has 0 saturated carbocycles. The number of carbonyl (C=O) groups is 1. The second kappa shape index (κ2) is 8.71. The molecule has 2 aromatic rings. The molecule has 0 aliphatic carbocycles. The fourth-order valence-corrected chi connectivity index (χ4v) is 3.58. The number of ether oxygens (including phenoxy) is 2. The summed E-state index contributed by atoms with van der Waals surface area (Å²) in [5.74, 6) is 0.523. The van der Waals surface area contributed by atoms with E-state index in [2.05, 4.69) is 0 Å². The average Bonchev–Trinajstić information content (AvgIpc) is 2.62. The van der Waals surface area contributed by atoms with Crippen molar-refractivity contribution in [2.45, 2.75) is 22.5 Å². The molecule has 0 unspecified atom stereocenters. The minimum atomic E-state index is -1.92. The Kier molecular flexibility index (Phi) is 7.09. The van der Waals surface area contributed by atoms with Crippen molar-refractivity contribution in [3.63, 3.8) is 0 Å². The molecule has 7 heteroatoms. The lowest BCUT2D eigenvalue weighted by molar-refractivity contribution is -0.120. The lowest BCUT2D eigenvalue weighted by Crippen LogP contribution is -2.36. The van der Waals surface area contributed by atoms with Gasteiger partial charge in [0.1, 0.15) is 11.5 Å². The smallest absolute Gasteiger partial charge is 0.213 e. The van der Waals surface area contributed by atoms with Crippen molar-refractivity contribution in [2.75, 3.05) is 13.2 Å². The summed E-state index contributed by atoms with van der Waals surface area (Å²) in [6, 6.07) is 13.1. The lowest BCUT2D eigenvalue weighted by atomic mass is 10.0. The maximum Gasteiger partial charge on any atom is 0.213 e. The van der Waals surface area contributed by atoms with Gasteiger partial charge in [0.2, 0.25) is 14.4 Å². The first-order valence-corrected chi connectivity index (χ1v) is 9.51. The van der Waals surface area contributed by atoms with Crippen LogP contribution in [0, 0.1) is 0 Å². The topological polar surface area (TPSA) is 35.5 Å². The first-order valence-electron chi connectivity index (χ1n) is 8.00. The van der Waals surface area contributed by atoms with Crippen LogP contribution >= 0.6 is 46.4 Å². The van der Waals surface area contributed by atoms with Crippen LogP contribution in [0.25, 0.3) is 0 Å². The Morgan fingerprint density at radius 3 is 1.31 bits per heavy atom. The number of benzene rings is 2. The summed E-state index contributed by atoms with van der Waals surface area (Å²) in [7, 11) is 0. The van der Waals surface area contributed by atoms with Crippen LogP contribution in [-0.2, 0) is 13.5 Å². The van der Waals surface area contributed by atoms with Gasteiger partial charge in [0.05, 0.1) is 13.2 Å². The molecular formula is C19H18Cl4O3. The number of hydrogen-bond acceptors (Lipinski definition) is 3. The quantitative estimate of drug-likeness (QED) is 0.476. The molecule has 0 saturated heterocycles. The van der Waals surface area contributed by atoms with E-state index in [9.17, 15) is 4.79 Å². The fraction of sp³-hybridized carbons (Fsp3) is 0.316. The Bertz CT molecular complexity index is 677. The molecular weight excluding hydrogens is 418 g/mol. The normalized spacial score (nSPS) is 11.9. The fourth-order valence-electron chi connectivity index (χ4n) is 2.31. The van der Waals surface area contributed by atoms with E-state index in [4.69, 9.17) is 55.9 Å². The van der Waals surface area contributed by atoms with Gasteiger partial charge < -0.3 is 9.47 Å². The van der Waals surface area contributed by atoms with Crippen LogP contribution in [0.3, 0.4) is 0 Å². The third-order valence-electron chi connectivity index (χ3n) is 3.63. The summed E-state index contributed by atoms with van der Waals surface area (Å²) in [5.41, 5.74) is 0.705. The molecule has 140 valence electrons. The Morgan fingerprint density at radius 1 is 0.731 bits per heavy atom. The van der Waals surface area contributed by atoms with E-state index in [1.54, 1.807) is 48.5 Å². The second-order valence-electron chi connectivity index (χ2n) is 5.39. The molecule has 0 aliphatic heterocycles. The summed E-state index contributed by atoms with van der Waals surface area (Å²) in [6.07, 6.45) is 0. The third-order valence-corrected chi connectivity index (χ3v) is 5.19. The Morgan fingerprint density at radius 2 is 1.04 bits per heavy atom. The zero-order valence-electron chi connectivity index (χ0n) is 14.3. The first-order chi connectivity index (χ1) is 12.2. The molecule has 2 rings (SSSR count). The van der Waals surface area contributed by atoms with Gasteiger partial charge in [-0.3, -0.25) is 4.79 Å². The number of halogens is 4. The summed E-state index contributed by atoms with van der Waals surface area (Å²) in [6.45, 7) is 4.79. The summed E-state index contributed by atoms with van der Waals surface area (Å²) in [4.78, 5) is 12.9. The molecule has 0 heterocycles. The Hall–Kier alpha value is -1.13. The SMILES string of the molecule is CCOc1ccc(C(Cl)(Cl)C(=O)C(Cl)(Cl)c2ccc(OCC)cc2)cc1. The van der Waals surface area contributed by atoms with Gasteiger partial charge in [-0.2, -0.15) is 0 Å². The van der Waals surface area contributed by atoms with Crippen LogP contribution in [0.15, 0.2) is 48.5 Å². The van der Waals surface area contributed by atoms with E-state index in [0.717, 1.165) is 0 Å². The number of carbonyl (C=O) groups excluding carboxylic acids is 1. The van der Waals surface area contributed by atoms with Crippen LogP contribution in [0.4, 0.5) is 0 Å². The van der Waals surface area contributed by atoms with Gasteiger partial charge in [-0.15, -0.1) is 0 Å². The highest BCUT2D eigenvalue weighted by Crippen LogP contribution is 2.47. The third kappa shape index (κ3) is 4.58. The van der Waals surface area contributed by atoms with Crippen LogP contribution < -0.4 is 9.47 Å². The van der Waals surface area contributed by atoms with E-state index in [0.29, 0.717) is 35.8 Å². The van der Waals surface area contributed by atoms with Gasteiger partial charge in [0.25, 0.3) is 0 Å². The number of ketones is 1. The van der Waals surface area contributed by atoms with E-state index in [-0.39, 0.29) is 0 Å². The largest absolute Gasteiger partial charge is 0.494 e. The van der Waals surface area contributed by atoms with Gasteiger partial charge in [0, 0.05) is 0 Å². The van der Waals surface area contributed by atoms with E-state index < -0.39 is 14.4 Å². The first kappa shape index (κ1) is 21.2. The molecule has 26 heavy (non-hydrogen) atoms. The van der Waals surface area contributed by atoms with Crippen LogP contribution in [-0.4, -0.2) is 19.0 Å². The molecule has 0 aromatic heterocycles. The Labute approximate surface area is 173 Å². The molecule has 0 spiro atoms. The van der Waals surface area contributed by atoms with Crippen molar-refractivity contribution in [3.8, 4) is 11.5 Å². The lowest BCUT2D eigenvalue weighted by Gasteiger charge is -2.27. The minimum Gasteiger partial charge on any atom is -0.494 e. The molecule has 3 nitrogen and oxygen atoms in total. The second-order valence-corrected chi connectivity index (χ2v) is 8.05. The van der Waals surface area contributed by atoms with Crippen molar-refractivity contribution in [1.29, 1.82) is 0 Å². The van der Waals surface area contributed by atoms with Gasteiger partial charge >= 0.3 is 0 Å². The predicted octanol–water partition coefficient (Wildman–Crippen LogP) is 6.01. The van der Waals surface area contributed by atoms with Crippen LogP contribution in [0.5, 0.6) is 11.5 Å². The van der Waals surface area contributed by atoms with Gasteiger partial charge in [-0.05, 0) is 49.2 Å². The molecule has 0 amide bonds. The zero-order chi connectivity index (χ0) is 19.4. The molecule has 0 atom stereocenters. The summed E-state index contributed by atoms with van der Waals surface area (Å²) in [5, 5.41) is 0. The van der Waals surface area contributed by atoms with E-state index in [1.165, 1.54) is 0 Å². The highest BCUT2D eigenvalue weighted by atomic mass is 35.5. The van der Waals surface area contributed by atoms with Crippen molar-refractivity contribution < 1.29 is 14.3 Å². The molecule has 0 aliphatic rings. The van der Waals surface area contributed by atoms with Gasteiger partial charge in [-0.1, -0.05) is 70.7 Å². The molecule has 0 N–H and O–H groups in total. The maximum atomic E-state index is 12.9. The molecule has 2 aromatic carbocycles. The highest BCUT2D eigenvalue weighted by molar-refractivity contribution is 6.67. The monoisotopic (exact) mass is 434 g/mol. The minimum absolute atomic E-state index is 0.353. The van der Waals surface area contributed by atoms with Gasteiger partial charge in [-0.25, -0.2) is 0 Å². The number of alkyl halides is 4. The van der Waals surface area contributed by atoms with Crippen molar-refractivity contribution in [2.24, 2.45) is 0 Å². The molecule has 0 fully saturated rings. The molecule has 0 radical (unpaired) electrons. The molecule has 0 bridgehead atoms. The van der Waals surface area contributed by atoms with E-state index in [1.807, 2.05) is 13.8 Å². The summed E-state index contributed by atoms with van der Waals surface area (Å²) < 4.78 is 6.89. The van der Waals surface area contributed by atoms with Crippen LogP contribution in [0.1, 0.15) is 25.0 Å². The van der Waals surface area contributed by atoms with Crippen molar-refractivity contribution >= 4 is 52.2 Å². The van der Waals surface area contributed by atoms with Crippen molar-refractivity contribution in [1.82, 2.24) is 0 Å². The summed E-state index contributed by atoms with van der Waals surface area (Å²) >= 11 is 25.4. The number of rotatable bonds is 8. The van der Waals surface area contributed by atoms with Crippen LogP contribution in [0.2, 0.25) is 0 Å². The zero-order valence-corrected chi connectivity index (χ0v) is 17.3. The average molecular weight is 436 g/mol. The standard InChI is InChI=1S/C19H18Cl4O3/c1-3-25-15-9-5-13(6-10-15)18(20,21)17(24)19(22,23)14-7-11-16(12-8-14)26-4-2/h5-12H,3-4H2,1-2H3.